The van der Waals surface area contributed by atoms with Gasteiger partial charge in [0.1, 0.15) is 5.75 Å². The molecule has 2 aromatic carbocycles. The van der Waals surface area contributed by atoms with Crippen molar-refractivity contribution in [2.45, 2.75) is 26.1 Å². The molecule has 0 fully saturated rings. The standard InChI is InChI=1S/C19H18F3NO4/c1-3-26-18(25)12(2)27-16-9-7-13(8-10-16)17(24)23-15-6-4-5-14(11-15)19(20,21)22/h4-12H,3H2,1-2H3,(H,23,24). The van der Waals surface area contributed by atoms with Crippen molar-refractivity contribution in [2.24, 2.45) is 0 Å². The summed E-state index contributed by atoms with van der Waals surface area (Å²) in [6, 6.07) is 10.2. The molecule has 0 spiro atoms. The maximum atomic E-state index is 12.7. The molecule has 0 saturated heterocycles. The highest BCUT2D eigenvalue weighted by atomic mass is 19.4. The number of hydrogen-bond acceptors (Lipinski definition) is 4. The van der Waals surface area contributed by atoms with Crippen molar-refractivity contribution in [1.82, 2.24) is 0 Å². The molecule has 0 radical (unpaired) electrons. The fourth-order valence-corrected chi connectivity index (χ4v) is 2.17. The Hall–Kier alpha value is -3.03. The minimum atomic E-state index is -4.49. The molecule has 1 atom stereocenters. The van der Waals surface area contributed by atoms with Crippen molar-refractivity contribution in [2.75, 3.05) is 11.9 Å². The average molecular weight is 381 g/mol. The first-order valence-electron chi connectivity index (χ1n) is 8.12. The van der Waals surface area contributed by atoms with Crippen molar-refractivity contribution in [3.63, 3.8) is 0 Å². The molecule has 27 heavy (non-hydrogen) atoms. The molecule has 2 rings (SSSR count). The Morgan fingerprint density at radius 2 is 1.78 bits per heavy atom. The minimum absolute atomic E-state index is 0.0334. The second-order valence-electron chi connectivity index (χ2n) is 5.57. The van der Waals surface area contributed by atoms with E-state index in [1.54, 1.807) is 6.92 Å². The van der Waals surface area contributed by atoms with Crippen molar-refractivity contribution in [1.29, 1.82) is 0 Å². The van der Waals surface area contributed by atoms with Gasteiger partial charge in [0, 0.05) is 11.3 Å². The van der Waals surface area contributed by atoms with E-state index in [1.807, 2.05) is 0 Å². The first-order valence-corrected chi connectivity index (χ1v) is 8.12. The van der Waals surface area contributed by atoms with E-state index in [-0.39, 0.29) is 17.9 Å². The Bertz CT molecular complexity index is 803. The maximum Gasteiger partial charge on any atom is 0.416 e. The zero-order valence-electron chi connectivity index (χ0n) is 14.7. The van der Waals surface area contributed by atoms with Crippen LogP contribution in [-0.2, 0) is 15.7 Å². The summed E-state index contributed by atoms with van der Waals surface area (Å²) in [5.74, 6) is -0.727. The molecular formula is C19H18F3NO4. The first-order chi connectivity index (χ1) is 12.7. The predicted molar refractivity (Wildman–Crippen MR) is 92.6 cm³/mol. The van der Waals surface area contributed by atoms with Crippen LogP contribution in [0.5, 0.6) is 5.75 Å². The van der Waals surface area contributed by atoms with E-state index < -0.39 is 29.7 Å². The van der Waals surface area contributed by atoms with E-state index >= 15 is 0 Å². The maximum absolute atomic E-state index is 12.7. The third kappa shape index (κ3) is 5.73. The zero-order valence-corrected chi connectivity index (χ0v) is 14.7. The third-order valence-electron chi connectivity index (χ3n) is 3.50. The molecular weight excluding hydrogens is 363 g/mol. The van der Waals surface area contributed by atoms with Gasteiger partial charge >= 0.3 is 12.1 Å². The predicted octanol–water partition coefficient (Wildman–Crippen LogP) is 4.29. The van der Waals surface area contributed by atoms with E-state index in [2.05, 4.69) is 5.32 Å². The monoisotopic (exact) mass is 381 g/mol. The van der Waals surface area contributed by atoms with E-state index in [4.69, 9.17) is 9.47 Å². The quantitative estimate of drug-likeness (QED) is 0.759. The number of benzene rings is 2. The van der Waals surface area contributed by atoms with Gasteiger partial charge in [-0.05, 0) is 56.3 Å². The van der Waals surface area contributed by atoms with Gasteiger partial charge in [-0.1, -0.05) is 6.07 Å². The Labute approximate surface area is 154 Å². The summed E-state index contributed by atoms with van der Waals surface area (Å²) in [5, 5.41) is 2.41. The number of esters is 1. The number of amides is 1. The lowest BCUT2D eigenvalue weighted by Gasteiger charge is -2.13. The highest BCUT2D eigenvalue weighted by molar-refractivity contribution is 6.04. The van der Waals surface area contributed by atoms with Crippen molar-refractivity contribution >= 4 is 17.6 Å². The largest absolute Gasteiger partial charge is 0.479 e. The van der Waals surface area contributed by atoms with Crippen LogP contribution in [0, 0.1) is 0 Å². The number of halogens is 3. The lowest BCUT2D eigenvalue weighted by atomic mass is 10.1. The number of ether oxygens (including phenoxy) is 2. The zero-order chi connectivity index (χ0) is 20.0. The van der Waals surface area contributed by atoms with Gasteiger partial charge in [-0.25, -0.2) is 4.79 Å². The molecule has 2 aromatic rings. The van der Waals surface area contributed by atoms with Gasteiger partial charge in [0.2, 0.25) is 0 Å². The van der Waals surface area contributed by atoms with E-state index in [0.29, 0.717) is 5.75 Å². The molecule has 5 nitrogen and oxygen atoms in total. The summed E-state index contributed by atoms with van der Waals surface area (Å²) < 4.78 is 48.4. The van der Waals surface area contributed by atoms with Gasteiger partial charge in [0.15, 0.2) is 6.10 Å². The number of anilines is 1. The topological polar surface area (TPSA) is 64.6 Å². The molecule has 0 heterocycles. The van der Waals surface area contributed by atoms with Crippen LogP contribution >= 0.6 is 0 Å². The molecule has 0 bridgehead atoms. The van der Waals surface area contributed by atoms with E-state index in [1.165, 1.54) is 43.3 Å². The number of nitrogens with one attached hydrogen (secondary N) is 1. The molecule has 0 aliphatic rings. The number of carbonyl (C=O) groups is 2. The smallest absolute Gasteiger partial charge is 0.416 e. The number of hydrogen-bond donors (Lipinski definition) is 1. The van der Waals surface area contributed by atoms with Gasteiger partial charge in [0.25, 0.3) is 5.91 Å². The molecule has 1 unspecified atom stereocenters. The Morgan fingerprint density at radius 1 is 1.11 bits per heavy atom. The van der Waals surface area contributed by atoms with Gasteiger partial charge < -0.3 is 14.8 Å². The highest BCUT2D eigenvalue weighted by Gasteiger charge is 2.30. The molecule has 1 N–H and O–H groups in total. The van der Waals surface area contributed by atoms with Gasteiger partial charge in [-0.3, -0.25) is 4.79 Å². The summed E-state index contributed by atoms with van der Waals surface area (Å²) in [4.78, 5) is 23.7. The summed E-state index contributed by atoms with van der Waals surface area (Å²) in [7, 11) is 0. The molecule has 0 saturated carbocycles. The van der Waals surface area contributed by atoms with Crippen LogP contribution in [0.1, 0.15) is 29.8 Å². The second-order valence-corrected chi connectivity index (χ2v) is 5.57. The number of rotatable bonds is 6. The van der Waals surface area contributed by atoms with Crippen LogP contribution < -0.4 is 10.1 Å². The van der Waals surface area contributed by atoms with Crippen LogP contribution in [0.3, 0.4) is 0 Å². The lowest BCUT2D eigenvalue weighted by Crippen LogP contribution is -2.26. The minimum Gasteiger partial charge on any atom is -0.479 e. The SMILES string of the molecule is CCOC(=O)C(C)Oc1ccc(C(=O)Nc2cccc(C(F)(F)F)c2)cc1. The Kier molecular flexibility index (Phi) is 6.44. The van der Waals surface area contributed by atoms with Gasteiger partial charge in [0.05, 0.1) is 12.2 Å². The van der Waals surface area contributed by atoms with Crippen LogP contribution in [0.4, 0.5) is 18.9 Å². The van der Waals surface area contributed by atoms with Crippen LogP contribution in [0.2, 0.25) is 0 Å². The normalized spacial score (nSPS) is 12.2. The van der Waals surface area contributed by atoms with E-state index in [9.17, 15) is 22.8 Å². The number of alkyl halides is 3. The second kappa shape index (κ2) is 8.57. The molecule has 0 aliphatic heterocycles. The van der Waals surface area contributed by atoms with Gasteiger partial charge in [-0.15, -0.1) is 0 Å². The fourth-order valence-electron chi connectivity index (χ4n) is 2.17. The first kappa shape index (κ1) is 20.3. The average Bonchev–Trinajstić information content (AvgIpc) is 2.62. The third-order valence-corrected chi connectivity index (χ3v) is 3.50. The van der Waals surface area contributed by atoms with Crippen molar-refractivity contribution < 1.29 is 32.2 Å². The Morgan fingerprint density at radius 3 is 2.37 bits per heavy atom. The molecule has 1 amide bonds. The Balaban J connectivity index is 2.03. The van der Waals surface area contributed by atoms with Crippen molar-refractivity contribution in [3.8, 4) is 5.75 Å². The van der Waals surface area contributed by atoms with Crippen LogP contribution in [-0.4, -0.2) is 24.6 Å². The highest BCUT2D eigenvalue weighted by Crippen LogP contribution is 2.30. The summed E-state index contributed by atoms with van der Waals surface area (Å²) in [6.07, 6.45) is -5.30. The van der Waals surface area contributed by atoms with Gasteiger partial charge in [-0.2, -0.15) is 13.2 Å². The molecule has 8 heteroatoms. The fraction of sp³-hybridized carbons (Fsp3) is 0.263. The molecule has 0 aliphatic carbocycles. The number of carbonyl (C=O) groups excluding carboxylic acids is 2. The summed E-state index contributed by atoms with van der Waals surface area (Å²) in [6.45, 7) is 3.45. The molecule has 0 aromatic heterocycles. The van der Waals surface area contributed by atoms with E-state index in [0.717, 1.165) is 12.1 Å². The van der Waals surface area contributed by atoms with Crippen LogP contribution in [0.25, 0.3) is 0 Å². The lowest BCUT2D eigenvalue weighted by molar-refractivity contribution is -0.150. The van der Waals surface area contributed by atoms with Crippen molar-refractivity contribution in [3.05, 3.63) is 59.7 Å². The van der Waals surface area contributed by atoms with Crippen LogP contribution in [0.15, 0.2) is 48.5 Å². The summed E-state index contributed by atoms with van der Waals surface area (Å²) in [5.41, 5.74) is -0.591. The summed E-state index contributed by atoms with van der Waals surface area (Å²) >= 11 is 0. The molecule has 144 valence electrons.